The molecule has 1 heterocycles. The van der Waals surface area contributed by atoms with Gasteiger partial charge >= 0.3 is 5.69 Å². The molecule has 0 bridgehead atoms. The topological polar surface area (TPSA) is 81.2 Å². The number of aromatic amines is 1. The van der Waals surface area contributed by atoms with E-state index in [1.807, 2.05) is 4.98 Å². The van der Waals surface area contributed by atoms with Gasteiger partial charge in [0, 0.05) is 18.4 Å². The lowest BCUT2D eigenvalue weighted by Gasteiger charge is -2.20. The lowest BCUT2D eigenvalue weighted by Crippen LogP contribution is -2.33. The van der Waals surface area contributed by atoms with Gasteiger partial charge in [-0.25, -0.2) is 4.79 Å². The van der Waals surface area contributed by atoms with E-state index in [4.69, 9.17) is 4.18 Å². The van der Waals surface area contributed by atoms with Gasteiger partial charge in [-0.3, -0.25) is 19.1 Å². The molecule has 1 aliphatic carbocycles. The third kappa shape index (κ3) is 4.94. The number of allylic oxidation sites excluding steroid dienone is 1. The van der Waals surface area contributed by atoms with Crippen LogP contribution in [0.3, 0.4) is 0 Å². The van der Waals surface area contributed by atoms with E-state index in [0.717, 1.165) is 29.1 Å². The predicted octanol–water partition coefficient (Wildman–Crippen LogP) is 1.62. The summed E-state index contributed by atoms with van der Waals surface area (Å²) in [5.41, 5.74) is -1.04. The highest BCUT2D eigenvalue weighted by atomic mass is 32.2. The van der Waals surface area contributed by atoms with E-state index in [0.29, 0.717) is 24.5 Å². The van der Waals surface area contributed by atoms with Crippen LogP contribution in [0.15, 0.2) is 27.4 Å². The molecule has 0 fully saturated rings. The van der Waals surface area contributed by atoms with Gasteiger partial charge in [0.25, 0.3) is 5.56 Å². The summed E-state index contributed by atoms with van der Waals surface area (Å²) in [4.78, 5) is 36.2. The van der Waals surface area contributed by atoms with Gasteiger partial charge in [0.2, 0.25) is 5.82 Å². The van der Waals surface area contributed by atoms with E-state index >= 15 is 0 Å². The van der Waals surface area contributed by atoms with Crippen LogP contribution in [0.5, 0.6) is 0 Å². The zero-order valence-electron chi connectivity index (χ0n) is 15.5. The molecule has 0 spiro atoms. The largest absolute Gasteiger partial charge is 0.328 e. The van der Waals surface area contributed by atoms with Crippen molar-refractivity contribution in [3.8, 4) is 0 Å². The molecule has 1 N–H and O–H groups in total. The summed E-state index contributed by atoms with van der Waals surface area (Å²) in [6, 6.07) is 0. The summed E-state index contributed by atoms with van der Waals surface area (Å²) in [5.74, 6) is -0.682. The van der Waals surface area contributed by atoms with Crippen LogP contribution in [-0.4, -0.2) is 27.2 Å². The second kappa shape index (κ2) is 8.35. The molecule has 0 radical (unpaired) electrons. The quantitative estimate of drug-likeness (QED) is 0.419. The molecule has 2 atom stereocenters. The van der Waals surface area contributed by atoms with E-state index in [-0.39, 0.29) is 23.1 Å². The molecule has 2 rings (SSSR count). The number of aromatic nitrogens is 2. The molecule has 0 aliphatic heterocycles. The molecule has 1 aliphatic rings. The highest BCUT2D eigenvalue weighted by Gasteiger charge is 2.34. The summed E-state index contributed by atoms with van der Waals surface area (Å²) in [5, 5.41) is 0. The van der Waals surface area contributed by atoms with E-state index < -0.39 is 17.1 Å². The van der Waals surface area contributed by atoms with Gasteiger partial charge in [0.15, 0.2) is 4.75 Å². The van der Waals surface area contributed by atoms with Crippen molar-refractivity contribution >= 4 is 18.3 Å². The predicted molar refractivity (Wildman–Crippen MR) is 101 cm³/mol. The van der Waals surface area contributed by atoms with Crippen LogP contribution in [0.25, 0.3) is 0 Å². The lowest BCUT2D eigenvalue weighted by atomic mass is 10.00. The average molecular weight is 385 g/mol. The monoisotopic (exact) mass is 385 g/mol. The summed E-state index contributed by atoms with van der Waals surface area (Å²) in [6.07, 6.45) is 4.16. The van der Waals surface area contributed by atoms with Gasteiger partial charge in [0.1, 0.15) is 24.9 Å². The fourth-order valence-corrected chi connectivity index (χ4v) is 3.47. The molecular formula is C18H26FN2O4S+. The number of hydrogen-bond donors (Lipinski definition) is 1. The fraction of sp³-hybridized carbons (Fsp3) is 0.611. The maximum atomic E-state index is 13.4. The van der Waals surface area contributed by atoms with Crippen LogP contribution >= 0.6 is 0 Å². The molecule has 26 heavy (non-hydrogen) atoms. The van der Waals surface area contributed by atoms with Crippen molar-refractivity contribution in [1.29, 1.82) is 0 Å². The van der Waals surface area contributed by atoms with Gasteiger partial charge in [0.05, 0.1) is 6.20 Å². The molecule has 0 aromatic carbocycles. The SMILES string of the molecule is CC(C)C(C)(C)[SH+]OC[C@H]1C[C@@H](Cn2cc(F)c(=O)[nH]c2=O)C=C1C=O. The minimum absolute atomic E-state index is 0.0177. The van der Waals surface area contributed by atoms with Crippen LogP contribution < -0.4 is 11.2 Å². The Kier molecular flexibility index (Phi) is 6.63. The molecule has 1 aromatic rings. The number of carbonyl (C=O) groups excluding carboxylic acids is 1. The average Bonchev–Trinajstić information content (AvgIpc) is 2.94. The Balaban J connectivity index is 1.99. The molecule has 8 heteroatoms. The zero-order valence-corrected chi connectivity index (χ0v) is 16.4. The van der Waals surface area contributed by atoms with Gasteiger partial charge in [-0.2, -0.15) is 8.57 Å². The minimum Gasteiger partial charge on any atom is -0.298 e. The number of hydrogen-bond acceptors (Lipinski definition) is 4. The summed E-state index contributed by atoms with van der Waals surface area (Å²) < 4.78 is 20.4. The second-order valence-electron chi connectivity index (χ2n) is 7.56. The van der Waals surface area contributed by atoms with Crippen LogP contribution in [0, 0.1) is 23.6 Å². The first-order chi connectivity index (χ1) is 12.1. The molecule has 144 valence electrons. The Labute approximate surface area is 156 Å². The Morgan fingerprint density at radius 2 is 2.15 bits per heavy atom. The Bertz CT molecular complexity index is 797. The van der Waals surface area contributed by atoms with Crippen LogP contribution in [0.1, 0.15) is 34.1 Å². The lowest BCUT2D eigenvalue weighted by molar-refractivity contribution is -0.105. The number of nitrogens with one attached hydrogen (secondary N) is 1. The molecule has 1 aromatic heterocycles. The molecule has 0 unspecified atom stereocenters. The zero-order chi connectivity index (χ0) is 19.5. The highest BCUT2D eigenvalue weighted by Crippen LogP contribution is 2.31. The number of nitrogens with zero attached hydrogens (tertiary/aromatic N) is 1. The van der Waals surface area contributed by atoms with Crippen molar-refractivity contribution in [2.75, 3.05) is 6.61 Å². The summed E-state index contributed by atoms with van der Waals surface area (Å²) in [7, 11) is 0. The van der Waals surface area contributed by atoms with E-state index in [9.17, 15) is 18.8 Å². The number of halogens is 1. The van der Waals surface area contributed by atoms with Crippen molar-refractivity contribution < 1.29 is 13.4 Å². The van der Waals surface area contributed by atoms with Crippen LogP contribution in [-0.2, 0) is 27.6 Å². The third-order valence-corrected chi connectivity index (χ3v) is 6.28. The molecule has 0 saturated carbocycles. The summed E-state index contributed by atoms with van der Waals surface area (Å²) in [6.45, 7) is 9.16. The van der Waals surface area contributed by atoms with Crippen molar-refractivity contribution in [3.05, 3.63) is 44.5 Å². The van der Waals surface area contributed by atoms with E-state index in [1.165, 1.54) is 0 Å². The number of aldehydes is 1. The molecule has 6 nitrogen and oxygen atoms in total. The Morgan fingerprint density at radius 1 is 1.46 bits per heavy atom. The van der Waals surface area contributed by atoms with Gasteiger partial charge in [-0.05, 0) is 31.8 Å². The first-order valence-electron chi connectivity index (χ1n) is 8.64. The Hall–Kier alpha value is -1.67. The number of rotatable bonds is 8. The highest BCUT2D eigenvalue weighted by molar-refractivity contribution is 7.75. The normalized spacial score (nSPS) is 20.5. The molecule has 0 saturated heterocycles. The van der Waals surface area contributed by atoms with Crippen LogP contribution in [0.2, 0.25) is 0 Å². The van der Waals surface area contributed by atoms with E-state index in [2.05, 4.69) is 27.7 Å². The Morgan fingerprint density at radius 3 is 2.77 bits per heavy atom. The van der Waals surface area contributed by atoms with Gasteiger partial charge in [-0.15, -0.1) is 0 Å². The first-order valence-corrected chi connectivity index (χ1v) is 9.45. The standard InChI is InChI=1S/C18H25FN2O4S/c1-11(2)18(3,4)26-25-10-14-6-12(5-13(14)9-22)7-21-8-15(19)16(23)20-17(21)24/h5,8-9,11-12,14H,6-7,10H2,1-4H3,(H,20,23,24)/p+1/t12-,14+/m0/s1. The summed E-state index contributed by atoms with van der Waals surface area (Å²) >= 11 is 0.870. The molecular weight excluding hydrogens is 359 g/mol. The van der Waals surface area contributed by atoms with Gasteiger partial charge < -0.3 is 0 Å². The second-order valence-corrected chi connectivity index (χ2v) is 9.15. The maximum Gasteiger partial charge on any atom is 0.328 e. The maximum absolute atomic E-state index is 13.4. The van der Waals surface area contributed by atoms with E-state index in [1.54, 1.807) is 6.08 Å². The minimum atomic E-state index is -1.03. The molecule has 0 amide bonds. The van der Waals surface area contributed by atoms with Crippen molar-refractivity contribution in [2.45, 2.75) is 45.4 Å². The van der Waals surface area contributed by atoms with Crippen LogP contribution in [0.4, 0.5) is 4.39 Å². The van der Waals surface area contributed by atoms with Crippen molar-refractivity contribution in [3.63, 3.8) is 0 Å². The number of thiol groups is 1. The fourth-order valence-electron chi connectivity index (χ4n) is 2.67. The number of H-pyrrole nitrogens is 1. The van der Waals surface area contributed by atoms with Crippen molar-refractivity contribution in [1.82, 2.24) is 9.55 Å². The smallest absolute Gasteiger partial charge is 0.298 e. The van der Waals surface area contributed by atoms with Gasteiger partial charge in [-0.1, -0.05) is 19.9 Å². The third-order valence-electron chi connectivity index (χ3n) is 5.01. The van der Waals surface area contributed by atoms with Crippen molar-refractivity contribution in [2.24, 2.45) is 17.8 Å². The number of carbonyl (C=O) groups is 1. The first kappa shape index (κ1) is 20.6.